The van der Waals surface area contributed by atoms with Gasteiger partial charge in [-0.1, -0.05) is 18.2 Å². The summed E-state index contributed by atoms with van der Waals surface area (Å²) >= 11 is 0. The van der Waals surface area contributed by atoms with Crippen LogP contribution in [0.2, 0.25) is 0 Å². The average molecular weight is 258 g/mol. The molecule has 4 nitrogen and oxygen atoms in total. The molecule has 1 aliphatic heterocycles. The Bertz CT molecular complexity index is 514. The van der Waals surface area contributed by atoms with Gasteiger partial charge >= 0.3 is 0 Å². The van der Waals surface area contributed by atoms with Crippen molar-refractivity contribution in [3.05, 3.63) is 30.0 Å². The molecule has 1 aromatic carbocycles. The van der Waals surface area contributed by atoms with Crippen molar-refractivity contribution in [3.63, 3.8) is 0 Å². The molecule has 0 unspecified atom stereocenters. The monoisotopic (exact) mass is 258 g/mol. The Labute approximate surface area is 114 Å². The Balaban J connectivity index is 1.42. The maximum Gasteiger partial charge on any atom is 0.0924 e. The number of rotatable bonds is 6. The highest BCUT2D eigenvalue weighted by Crippen LogP contribution is 2.14. The van der Waals surface area contributed by atoms with Crippen LogP contribution in [0.4, 0.5) is 0 Å². The zero-order chi connectivity index (χ0) is 12.9. The average Bonchev–Trinajstić information content (AvgIpc) is 3.08. The number of H-pyrrole nitrogens is 1. The van der Waals surface area contributed by atoms with Crippen LogP contribution in [0, 0.1) is 0 Å². The van der Waals surface area contributed by atoms with E-state index < -0.39 is 0 Å². The predicted octanol–water partition coefficient (Wildman–Crippen LogP) is 2.14. The lowest BCUT2D eigenvalue weighted by Gasteiger charge is -2.14. The summed E-state index contributed by atoms with van der Waals surface area (Å²) in [5.74, 6) is 0. The second-order valence-corrected chi connectivity index (χ2v) is 5.30. The van der Waals surface area contributed by atoms with E-state index in [-0.39, 0.29) is 0 Å². The van der Waals surface area contributed by atoms with E-state index in [9.17, 15) is 0 Å². The molecule has 0 atom stereocenters. The SMILES string of the molecule is c1ccc2c(CNCCCN3CCCC3)[nH]nc2c1. The van der Waals surface area contributed by atoms with Gasteiger partial charge in [-0.25, -0.2) is 0 Å². The molecule has 2 N–H and O–H groups in total. The standard InChI is InChI=1S/C15H22N4/c1-2-7-14-13(6-1)15(18-17-14)12-16-8-5-11-19-9-3-4-10-19/h1-2,6-7,16H,3-5,8-12H2,(H,17,18). The molecule has 0 saturated carbocycles. The smallest absolute Gasteiger partial charge is 0.0924 e. The fourth-order valence-corrected chi connectivity index (χ4v) is 2.80. The summed E-state index contributed by atoms with van der Waals surface area (Å²) in [7, 11) is 0. The number of nitrogens with one attached hydrogen (secondary N) is 2. The summed E-state index contributed by atoms with van der Waals surface area (Å²) in [6.45, 7) is 5.78. The molecule has 1 saturated heterocycles. The first-order chi connectivity index (χ1) is 9.43. The number of benzene rings is 1. The van der Waals surface area contributed by atoms with Gasteiger partial charge in [0.25, 0.3) is 0 Å². The topological polar surface area (TPSA) is 44.0 Å². The second-order valence-electron chi connectivity index (χ2n) is 5.30. The first-order valence-corrected chi connectivity index (χ1v) is 7.28. The van der Waals surface area contributed by atoms with E-state index in [0.29, 0.717) is 0 Å². The lowest BCUT2D eigenvalue weighted by molar-refractivity contribution is 0.331. The van der Waals surface area contributed by atoms with Gasteiger partial charge in [0.05, 0.1) is 11.2 Å². The summed E-state index contributed by atoms with van der Waals surface area (Å²) in [6, 6.07) is 8.26. The first-order valence-electron chi connectivity index (χ1n) is 7.28. The predicted molar refractivity (Wildman–Crippen MR) is 78.1 cm³/mol. The zero-order valence-electron chi connectivity index (χ0n) is 11.4. The van der Waals surface area contributed by atoms with E-state index in [1.165, 1.54) is 50.0 Å². The van der Waals surface area contributed by atoms with Crippen LogP contribution in [0.15, 0.2) is 24.3 Å². The molecule has 1 fully saturated rings. The molecule has 0 spiro atoms. The van der Waals surface area contributed by atoms with Crippen LogP contribution in [0.5, 0.6) is 0 Å². The lowest BCUT2D eigenvalue weighted by atomic mass is 10.2. The minimum atomic E-state index is 0.876. The van der Waals surface area contributed by atoms with Crippen molar-refractivity contribution in [2.45, 2.75) is 25.8 Å². The van der Waals surface area contributed by atoms with Crippen molar-refractivity contribution < 1.29 is 0 Å². The first kappa shape index (κ1) is 12.6. The van der Waals surface area contributed by atoms with Crippen LogP contribution < -0.4 is 5.32 Å². The van der Waals surface area contributed by atoms with Crippen molar-refractivity contribution in [3.8, 4) is 0 Å². The van der Waals surface area contributed by atoms with E-state index in [0.717, 1.165) is 18.6 Å². The van der Waals surface area contributed by atoms with E-state index in [2.05, 4.69) is 32.5 Å². The third kappa shape index (κ3) is 3.14. The molecule has 102 valence electrons. The molecule has 0 bridgehead atoms. The fourth-order valence-electron chi connectivity index (χ4n) is 2.80. The van der Waals surface area contributed by atoms with Crippen molar-refractivity contribution in [1.82, 2.24) is 20.4 Å². The number of fused-ring (bicyclic) bond motifs is 1. The van der Waals surface area contributed by atoms with Crippen molar-refractivity contribution in [2.75, 3.05) is 26.2 Å². The van der Waals surface area contributed by atoms with Gasteiger partial charge < -0.3 is 10.2 Å². The van der Waals surface area contributed by atoms with Gasteiger partial charge in [-0.15, -0.1) is 0 Å². The Morgan fingerprint density at radius 2 is 2.05 bits per heavy atom. The van der Waals surface area contributed by atoms with Gasteiger partial charge in [-0.3, -0.25) is 5.10 Å². The summed E-state index contributed by atoms with van der Waals surface area (Å²) in [4.78, 5) is 2.56. The molecule has 19 heavy (non-hydrogen) atoms. The molecule has 0 amide bonds. The van der Waals surface area contributed by atoms with Gasteiger partial charge in [0.1, 0.15) is 0 Å². The number of likely N-dealkylation sites (tertiary alicyclic amines) is 1. The van der Waals surface area contributed by atoms with Crippen molar-refractivity contribution >= 4 is 10.9 Å². The number of hydrogen-bond donors (Lipinski definition) is 2. The van der Waals surface area contributed by atoms with E-state index >= 15 is 0 Å². The molecule has 1 aromatic heterocycles. The Kier molecular flexibility index (Phi) is 4.10. The maximum absolute atomic E-state index is 4.31. The summed E-state index contributed by atoms with van der Waals surface area (Å²) < 4.78 is 0. The Morgan fingerprint density at radius 3 is 2.95 bits per heavy atom. The number of nitrogens with zero attached hydrogens (tertiary/aromatic N) is 2. The molecule has 2 heterocycles. The highest BCUT2D eigenvalue weighted by molar-refractivity contribution is 5.81. The van der Waals surface area contributed by atoms with Gasteiger partial charge in [0.2, 0.25) is 0 Å². The third-order valence-electron chi connectivity index (χ3n) is 3.87. The fraction of sp³-hybridized carbons (Fsp3) is 0.533. The summed E-state index contributed by atoms with van der Waals surface area (Å²) in [6.07, 6.45) is 3.99. The quantitative estimate of drug-likeness (QED) is 0.780. The van der Waals surface area contributed by atoms with Crippen molar-refractivity contribution in [1.29, 1.82) is 0 Å². The van der Waals surface area contributed by atoms with E-state index in [1.54, 1.807) is 0 Å². The zero-order valence-corrected chi connectivity index (χ0v) is 11.4. The summed E-state index contributed by atoms with van der Waals surface area (Å²) in [5.41, 5.74) is 2.24. The molecule has 2 aromatic rings. The van der Waals surface area contributed by atoms with Gasteiger partial charge in [0.15, 0.2) is 0 Å². The van der Waals surface area contributed by atoms with Crippen LogP contribution in [0.1, 0.15) is 25.0 Å². The molecule has 0 aliphatic carbocycles. The number of para-hydroxylation sites is 1. The van der Waals surface area contributed by atoms with Gasteiger partial charge in [0, 0.05) is 11.9 Å². The normalized spacial score (nSPS) is 16.4. The van der Waals surface area contributed by atoms with Crippen LogP contribution in [0.3, 0.4) is 0 Å². The number of aromatic amines is 1. The van der Waals surface area contributed by atoms with Crippen LogP contribution in [-0.2, 0) is 6.54 Å². The largest absolute Gasteiger partial charge is 0.311 e. The van der Waals surface area contributed by atoms with Crippen molar-refractivity contribution in [2.24, 2.45) is 0 Å². The lowest BCUT2D eigenvalue weighted by Crippen LogP contribution is -2.24. The maximum atomic E-state index is 4.31. The molecule has 0 radical (unpaired) electrons. The molecule has 1 aliphatic rings. The summed E-state index contributed by atoms with van der Waals surface area (Å²) in [5, 5.41) is 12.2. The Hall–Kier alpha value is -1.39. The molecular weight excluding hydrogens is 236 g/mol. The van der Waals surface area contributed by atoms with E-state index in [4.69, 9.17) is 0 Å². The number of hydrogen-bond acceptors (Lipinski definition) is 3. The molecule has 4 heteroatoms. The highest BCUT2D eigenvalue weighted by atomic mass is 15.1. The third-order valence-corrected chi connectivity index (χ3v) is 3.87. The van der Waals surface area contributed by atoms with Gasteiger partial charge in [-0.2, -0.15) is 5.10 Å². The molecular formula is C15H22N4. The van der Waals surface area contributed by atoms with Crippen LogP contribution in [-0.4, -0.2) is 41.3 Å². The van der Waals surface area contributed by atoms with E-state index in [1.807, 2.05) is 12.1 Å². The minimum absolute atomic E-state index is 0.876. The highest BCUT2D eigenvalue weighted by Gasteiger charge is 2.10. The van der Waals surface area contributed by atoms with Gasteiger partial charge in [-0.05, 0) is 51.5 Å². The Morgan fingerprint density at radius 1 is 1.21 bits per heavy atom. The van der Waals surface area contributed by atoms with Crippen LogP contribution in [0.25, 0.3) is 10.9 Å². The van der Waals surface area contributed by atoms with Crippen LogP contribution >= 0.6 is 0 Å². The number of aromatic nitrogens is 2. The minimum Gasteiger partial charge on any atom is -0.311 e. The second kappa shape index (κ2) is 6.17. The molecule has 3 rings (SSSR count).